The Morgan fingerprint density at radius 2 is 1.87 bits per heavy atom. The lowest BCUT2D eigenvalue weighted by molar-refractivity contribution is -0.179. The van der Waals surface area contributed by atoms with Gasteiger partial charge in [0.25, 0.3) is 0 Å². The maximum Gasteiger partial charge on any atom is 0.392 e. The van der Waals surface area contributed by atoms with Gasteiger partial charge in [0.2, 0.25) is 0 Å². The number of methoxy groups -OCH3 is 1. The number of H-pyrrole nitrogens is 1. The minimum atomic E-state index is -4.39. The van der Waals surface area contributed by atoms with E-state index in [9.17, 15) is 18.3 Å². The highest BCUT2D eigenvalue weighted by molar-refractivity contribution is 5.85. The monoisotopic (exact) mass is 430 g/mol. The number of halogens is 3. The quantitative estimate of drug-likeness (QED) is 0.493. The number of benzene rings is 2. The number of hydrogen-bond donors (Lipinski definition) is 2. The highest BCUT2D eigenvalue weighted by Crippen LogP contribution is 2.42. The van der Waals surface area contributed by atoms with Crippen molar-refractivity contribution in [3.8, 4) is 17.6 Å². The number of phenolic OH excluding ortho intramolecular Hbond substituents is 1. The van der Waals surface area contributed by atoms with Crippen molar-refractivity contribution in [3.05, 3.63) is 58.8 Å². The van der Waals surface area contributed by atoms with Crippen LogP contribution < -0.4 is 4.74 Å². The van der Waals surface area contributed by atoms with E-state index in [1.54, 1.807) is 44.2 Å². The van der Waals surface area contributed by atoms with Crippen molar-refractivity contribution in [1.29, 1.82) is 5.26 Å². The fraction of sp³-hybridized carbons (Fsp3) is 0.375. The molecule has 4 nitrogen and oxygen atoms in total. The molecule has 0 radical (unpaired) electrons. The molecule has 3 rings (SSSR count). The number of aromatic nitrogens is 1. The van der Waals surface area contributed by atoms with Crippen LogP contribution in [0.2, 0.25) is 0 Å². The first-order valence-corrected chi connectivity index (χ1v) is 9.91. The van der Waals surface area contributed by atoms with Crippen LogP contribution in [0.15, 0.2) is 36.4 Å². The average molecular weight is 430 g/mol. The third-order valence-electron chi connectivity index (χ3n) is 5.78. The van der Waals surface area contributed by atoms with Gasteiger partial charge >= 0.3 is 6.18 Å². The second kappa shape index (κ2) is 8.18. The van der Waals surface area contributed by atoms with E-state index in [0.29, 0.717) is 22.3 Å². The molecule has 0 saturated carbocycles. The number of nitriles is 1. The summed E-state index contributed by atoms with van der Waals surface area (Å²) in [6, 6.07) is 11.8. The van der Waals surface area contributed by atoms with Gasteiger partial charge < -0.3 is 14.8 Å². The number of aromatic hydroxyl groups is 1. The topological polar surface area (TPSA) is 69.0 Å². The van der Waals surface area contributed by atoms with E-state index < -0.39 is 17.5 Å². The van der Waals surface area contributed by atoms with Crippen molar-refractivity contribution in [2.45, 2.75) is 45.2 Å². The van der Waals surface area contributed by atoms with E-state index in [1.165, 1.54) is 13.2 Å². The number of nitrogens with zero attached hydrogens (tertiary/aromatic N) is 1. The zero-order chi connectivity index (χ0) is 23.0. The first-order valence-electron chi connectivity index (χ1n) is 9.91. The Kier molecular flexibility index (Phi) is 5.95. The maximum absolute atomic E-state index is 14.0. The summed E-state index contributed by atoms with van der Waals surface area (Å²) >= 11 is 0. The Morgan fingerprint density at radius 1 is 1.16 bits per heavy atom. The Hall–Kier alpha value is -3.14. The van der Waals surface area contributed by atoms with Crippen LogP contribution in [-0.2, 0) is 11.8 Å². The molecule has 0 aliphatic rings. The Bertz CT molecular complexity index is 1140. The van der Waals surface area contributed by atoms with E-state index >= 15 is 0 Å². The summed E-state index contributed by atoms with van der Waals surface area (Å²) < 4.78 is 47.1. The summed E-state index contributed by atoms with van der Waals surface area (Å²) in [5.74, 6) is -1.40. The number of nitrogens with one attached hydrogen (secondary N) is 1. The van der Waals surface area contributed by atoms with E-state index in [0.717, 1.165) is 10.9 Å². The fourth-order valence-electron chi connectivity index (χ4n) is 4.05. The number of phenols is 1. The summed E-state index contributed by atoms with van der Waals surface area (Å²) in [4.78, 5) is 3.06. The van der Waals surface area contributed by atoms with Crippen LogP contribution in [0.3, 0.4) is 0 Å². The summed E-state index contributed by atoms with van der Waals surface area (Å²) in [6.45, 7) is 5.35. The molecule has 1 aromatic heterocycles. The molecule has 2 N–H and O–H groups in total. The number of alkyl halides is 3. The van der Waals surface area contributed by atoms with Gasteiger partial charge in [-0.05, 0) is 66.6 Å². The molecule has 0 amide bonds. The Balaban J connectivity index is 1.92. The van der Waals surface area contributed by atoms with Gasteiger partial charge in [-0.25, -0.2) is 0 Å². The molecule has 1 atom stereocenters. The van der Waals surface area contributed by atoms with E-state index in [2.05, 4.69) is 11.1 Å². The highest BCUT2D eigenvalue weighted by Gasteiger charge is 2.43. The number of ether oxygens (including phenoxy) is 1. The SMILES string of the molecule is COc1cc(C(C)(C)CC(Cc2cc3c(C)cc(C#N)cc3[nH]2)C(F)(F)F)ccc1O. The van der Waals surface area contributed by atoms with Gasteiger partial charge in [0.1, 0.15) is 0 Å². The molecule has 164 valence electrons. The van der Waals surface area contributed by atoms with Crippen molar-refractivity contribution >= 4 is 10.9 Å². The second-order valence-electron chi connectivity index (χ2n) is 8.58. The van der Waals surface area contributed by atoms with Crippen LogP contribution in [0.5, 0.6) is 11.5 Å². The van der Waals surface area contributed by atoms with Gasteiger partial charge in [0, 0.05) is 16.6 Å². The number of aromatic amines is 1. The van der Waals surface area contributed by atoms with Crippen molar-refractivity contribution in [3.63, 3.8) is 0 Å². The largest absolute Gasteiger partial charge is 0.504 e. The van der Waals surface area contributed by atoms with Gasteiger partial charge in [0.15, 0.2) is 11.5 Å². The molecule has 1 heterocycles. The lowest BCUT2D eigenvalue weighted by Crippen LogP contribution is -2.32. The van der Waals surface area contributed by atoms with Gasteiger partial charge in [-0.15, -0.1) is 0 Å². The van der Waals surface area contributed by atoms with Gasteiger partial charge in [-0.1, -0.05) is 19.9 Å². The van der Waals surface area contributed by atoms with Crippen LogP contribution >= 0.6 is 0 Å². The zero-order valence-corrected chi connectivity index (χ0v) is 17.9. The minimum Gasteiger partial charge on any atom is -0.504 e. The first-order chi connectivity index (χ1) is 14.4. The van der Waals surface area contributed by atoms with E-state index in [-0.39, 0.29) is 24.3 Å². The molecule has 3 aromatic rings. The molecule has 31 heavy (non-hydrogen) atoms. The molecule has 1 unspecified atom stereocenters. The number of aryl methyl sites for hydroxylation is 1. The first kappa shape index (κ1) is 22.5. The smallest absolute Gasteiger partial charge is 0.392 e. The van der Waals surface area contributed by atoms with Gasteiger partial charge in [-0.3, -0.25) is 0 Å². The van der Waals surface area contributed by atoms with E-state index in [4.69, 9.17) is 10.00 Å². The van der Waals surface area contributed by atoms with Crippen LogP contribution in [0.1, 0.15) is 42.7 Å². The molecule has 0 spiro atoms. The normalized spacial score (nSPS) is 13.2. The predicted octanol–water partition coefficient (Wildman–Crippen LogP) is 6.15. The average Bonchev–Trinajstić information content (AvgIpc) is 3.10. The minimum absolute atomic E-state index is 0.0559. The molecular formula is C24H25F3N2O2. The summed E-state index contributed by atoms with van der Waals surface area (Å²) in [6.07, 6.45) is -4.72. The number of hydrogen-bond acceptors (Lipinski definition) is 3. The summed E-state index contributed by atoms with van der Waals surface area (Å²) in [7, 11) is 1.40. The van der Waals surface area contributed by atoms with Crippen molar-refractivity contribution in [1.82, 2.24) is 4.98 Å². The van der Waals surface area contributed by atoms with E-state index in [1.807, 2.05) is 6.92 Å². The Morgan fingerprint density at radius 3 is 2.48 bits per heavy atom. The molecule has 0 bridgehead atoms. The predicted molar refractivity (Wildman–Crippen MR) is 113 cm³/mol. The second-order valence-corrected chi connectivity index (χ2v) is 8.58. The van der Waals surface area contributed by atoms with Gasteiger partial charge in [0.05, 0.1) is 24.7 Å². The summed E-state index contributed by atoms with van der Waals surface area (Å²) in [5, 5.41) is 19.8. The third-order valence-corrected chi connectivity index (χ3v) is 5.78. The number of rotatable bonds is 6. The van der Waals surface area contributed by atoms with Gasteiger partial charge in [-0.2, -0.15) is 18.4 Å². The fourth-order valence-corrected chi connectivity index (χ4v) is 4.05. The van der Waals surface area contributed by atoms with Crippen molar-refractivity contribution in [2.24, 2.45) is 5.92 Å². The molecular weight excluding hydrogens is 405 g/mol. The standard InChI is InChI=1S/C24H25F3N2O2/c1-14-7-15(13-28)8-20-19(14)11-18(29-20)9-17(24(25,26)27)12-23(2,3)16-5-6-21(30)22(10-16)31-4/h5-8,10-11,17,29-30H,9,12H2,1-4H3. The van der Waals surface area contributed by atoms with Crippen molar-refractivity contribution < 1.29 is 23.0 Å². The zero-order valence-electron chi connectivity index (χ0n) is 17.9. The Labute approximate surface area is 179 Å². The van der Waals surface area contributed by atoms with Crippen LogP contribution in [0.4, 0.5) is 13.2 Å². The molecule has 2 aromatic carbocycles. The maximum atomic E-state index is 14.0. The molecule has 7 heteroatoms. The van der Waals surface area contributed by atoms with Crippen molar-refractivity contribution in [2.75, 3.05) is 7.11 Å². The molecule has 0 aliphatic heterocycles. The molecule has 0 saturated heterocycles. The molecule has 0 aliphatic carbocycles. The number of fused-ring (bicyclic) bond motifs is 1. The van der Waals surface area contributed by atoms with Crippen LogP contribution in [0.25, 0.3) is 10.9 Å². The summed E-state index contributed by atoms with van der Waals surface area (Å²) in [5.41, 5.74) is 2.30. The highest BCUT2D eigenvalue weighted by atomic mass is 19.4. The third kappa shape index (κ3) is 4.79. The molecule has 0 fully saturated rings. The lowest BCUT2D eigenvalue weighted by Gasteiger charge is -2.31. The lowest BCUT2D eigenvalue weighted by atomic mass is 9.75. The van der Waals surface area contributed by atoms with Crippen LogP contribution in [-0.4, -0.2) is 23.4 Å². The van der Waals surface area contributed by atoms with Crippen LogP contribution in [0, 0.1) is 24.2 Å².